The van der Waals surface area contributed by atoms with E-state index in [1.165, 1.54) is 10.8 Å². The minimum Gasteiger partial charge on any atom is -0.386 e. The van der Waals surface area contributed by atoms with Crippen LogP contribution in [0.15, 0.2) is 65.1 Å². The fourth-order valence-corrected chi connectivity index (χ4v) is 3.23. The molecule has 0 saturated heterocycles. The minimum absolute atomic E-state index is 0.870. The summed E-state index contributed by atoms with van der Waals surface area (Å²) in [5.41, 5.74) is 2.29. The van der Waals surface area contributed by atoms with Gasteiger partial charge in [0.25, 0.3) is 0 Å². The van der Waals surface area contributed by atoms with Crippen LogP contribution in [0.2, 0.25) is 0 Å². The van der Waals surface area contributed by atoms with Crippen molar-refractivity contribution in [3.8, 4) is 11.1 Å². The Balaban J connectivity index is 2.35. The van der Waals surface area contributed by atoms with Gasteiger partial charge in [0.15, 0.2) is 0 Å². The van der Waals surface area contributed by atoms with Crippen molar-refractivity contribution in [1.82, 2.24) is 0 Å². The summed E-state index contributed by atoms with van der Waals surface area (Å²) in [4.78, 5) is 0. The van der Waals surface area contributed by atoms with E-state index in [0.717, 1.165) is 21.2 Å². The van der Waals surface area contributed by atoms with Crippen molar-refractivity contribution >= 4 is 26.7 Å². The van der Waals surface area contributed by atoms with Crippen molar-refractivity contribution in [3.63, 3.8) is 0 Å². The van der Waals surface area contributed by atoms with Crippen molar-refractivity contribution in [2.24, 2.45) is 0 Å². The van der Waals surface area contributed by atoms with Gasteiger partial charge in [0.05, 0.1) is 5.60 Å². The molecule has 0 heterocycles. The van der Waals surface area contributed by atoms with E-state index in [9.17, 15) is 5.11 Å². The fraction of sp³-hybridized carbons (Fsp3) is 0.158. The fourth-order valence-electron chi connectivity index (χ4n) is 2.75. The quantitative estimate of drug-likeness (QED) is 0.653. The molecular formula is C19H17BrO. The van der Waals surface area contributed by atoms with Gasteiger partial charge in [0.1, 0.15) is 0 Å². The number of aliphatic hydroxyl groups is 1. The Morgan fingerprint density at radius 1 is 0.762 bits per heavy atom. The molecule has 21 heavy (non-hydrogen) atoms. The lowest BCUT2D eigenvalue weighted by Gasteiger charge is -2.22. The van der Waals surface area contributed by atoms with Crippen LogP contribution >= 0.6 is 15.9 Å². The molecule has 3 aromatic rings. The Hall–Kier alpha value is -1.64. The van der Waals surface area contributed by atoms with Crippen LogP contribution < -0.4 is 0 Å². The normalized spacial score (nSPS) is 11.8. The zero-order valence-corrected chi connectivity index (χ0v) is 13.7. The summed E-state index contributed by atoms with van der Waals surface area (Å²) in [5.74, 6) is 0. The summed E-state index contributed by atoms with van der Waals surface area (Å²) in [5, 5.41) is 12.8. The highest BCUT2D eigenvalue weighted by atomic mass is 79.9. The van der Waals surface area contributed by atoms with Gasteiger partial charge in [0.2, 0.25) is 0 Å². The molecule has 0 aliphatic carbocycles. The van der Waals surface area contributed by atoms with E-state index in [4.69, 9.17) is 0 Å². The highest BCUT2D eigenvalue weighted by molar-refractivity contribution is 9.10. The Morgan fingerprint density at radius 3 is 2.10 bits per heavy atom. The van der Waals surface area contributed by atoms with Crippen LogP contribution in [0.1, 0.15) is 19.4 Å². The number of halogens is 1. The topological polar surface area (TPSA) is 20.2 Å². The first-order valence-electron chi connectivity index (χ1n) is 6.98. The van der Waals surface area contributed by atoms with Crippen LogP contribution in [-0.4, -0.2) is 5.11 Å². The van der Waals surface area contributed by atoms with Crippen molar-refractivity contribution in [2.75, 3.05) is 0 Å². The van der Waals surface area contributed by atoms with E-state index in [2.05, 4.69) is 46.3 Å². The Labute approximate surface area is 133 Å². The second-order valence-electron chi connectivity index (χ2n) is 5.75. The molecule has 0 unspecified atom stereocenters. The molecule has 0 aliphatic heterocycles. The maximum Gasteiger partial charge on any atom is 0.0846 e. The van der Waals surface area contributed by atoms with Gasteiger partial charge in [-0.25, -0.2) is 0 Å². The maximum atomic E-state index is 10.4. The van der Waals surface area contributed by atoms with Gasteiger partial charge >= 0.3 is 0 Å². The summed E-state index contributed by atoms with van der Waals surface area (Å²) in [6.07, 6.45) is 0. The Kier molecular flexibility index (Phi) is 3.60. The average molecular weight is 341 g/mol. The maximum absolute atomic E-state index is 10.4. The third-order valence-corrected chi connectivity index (χ3v) is 4.44. The molecule has 1 nitrogen and oxygen atoms in total. The van der Waals surface area contributed by atoms with Gasteiger partial charge in [-0.2, -0.15) is 0 Å². The van der Waals surface area contributed by atoms with Crippen molar-refractivity contribution in [3.05, 3.63) is 70.7 Å². The average Bonchev–Trinajstić information content (AvgIpc) is 2.47. The van der Waals surface area contributed by atoms with Gasteiger partial charge in [-0.15, -0.1) is 0 Å². The van der Waals surface area contributed by atoms with E-state index in [1.54, 1.807) is 0 Å². The predicted molar refractivity (Wildman–Crippen MR) is 92.3 cm³/mol. The van der Waals surface area contributed by atoms with Gasteiger partial charge < -0.3 is 5.11 Å². The molecule has 3 rings (SSSR count). The predicted octanol–water partition coefficient (Wildman–Crippen LogP) is 5.50. The molecule has 3 aromatic carbocycles. The molecule has 0 atom stereocenters. The van der Waals surface area contributed by atoms with Crippen molar-refractivity contribution < 1.29 is 5.11 Å². The van der Waals surface area contributed by atoms with Crippen LogP contribution in [0.4, 0.5) is 0 Å². The van der Waals surface area contributed by atoms with Crippen LogP contribution in [-0.2, 0) is 5.60 Å². The molecule has 0 bridgehead atoms. The van der Waals surface area contributed by atoms with Gasteiger partial charge in [-0.05, 0) is 47.4 Å². The van der Waals surface area contributed by atoms with E-state index >= 15 is 0 Å². The zero-order valence-electron chi connectivity index (χ0n) is 12.1. The van der Waals surface area contributed by atoms with Crippen LogP contribution in [0.5, 0.6) is 0 Å². The molecule has 0 aromatic heterocycles. The van der Waals surface area contributed by atoms with E-state index in [1.807, 2.05) is 44.2 Å². The first-order valence-corrected chi connectivity index (χ1v) is 7.77. The standard InChI is InChI=1S/C19H17BrO/c1-19(2,21)17-10-6-5-8-15(17)14-11-12-18(20)16-9-4-3-7-13(14)16/h3-12,21H,1-2H3. The van der Waals surface area contributed by atoms with Crippen molar-refractivity contribution in [2.45, 2.75) is 19.4 Å². The number of hydrogen-bond donors (Lipinski definition) is 1. The lowest BCUT2D eigenvalue weighted by molar-refractivity contribution is 0.0792. The summed E-state index contributed by atoms with van der Waals surface area (Å²) < 4.78 is 1.09. The monoisotopic (exact) mass is 340 g/mol. The molecule has 0 amide bonds. The zero-order chi connectivity index (χ0) is 15.0. The van der Waals surface area contributed by atoms with Crippen molar-refractivity contribution in [1.29, 1.82) is 0 Å². The van der Waals surface area contributed by atoms with Crippen LogP contribution in [0, 0.1) is 0 Å². The lowest BCUT2D eigenvalue weighted by atomic mass is 9.88. The third-order valence-electron chi connectivity index (χ3n) is 3.75. The number of rotatable bonds is 2. The Morgan fingerprint density at radius 2 is 1.38 bits per heavy atom. The summed E-state index contributed by atoms with van der Waals surface area (Å²) in [7, 11) is 0. The van der Waals surface area contributed by atoms with Gasteiger partial charge in [-0.3, -0.25) is 0 Å². The van der Waals surface area contributed by atoms with E-state index in [-0.39, 0.29) is 0 Å². The summed E-state index contributed by atoms with van der Waals surface area (Å²) in [6, 6.07) is 20.5. The smallest absolute Gasteiger partial charge is 0.0846 e. The second kappa shape index (κ2) is 5.28. The Bertz CT molecular complexity index is 800. The number of benzene rings is 3. The first-order chi connectivity index (χ1) is 9.98. The molecule has 2 heteroatoms. The number of fused-ring (bicyclic) bond motifs is 1. The summed E-state index contributed by atoms with van der Waals surface area (Å²) >= 11 is 3.61. The molecule has 0 aliphatic rings. The number of hydrogen-bond acceptors (Lipinski definition) is 1. The largest absolute Gasteiger partial charge is 0.386 e. The molecule has 0 radical (unpaired) electrons. The van der Waals surface area contributed by atoms with Crippen LogP contribution in [0.3, 0.4) is 0 Å². The van der Waals surface area contributed by atoms with E-state index < -0.39 is 5.60 Å². The van der Waals surface area contributed by atoms with Gasteiger partial charge in [0, 0.05) is 4.47 Å². The molecular weight excluding hydrogens is 324 g/mol. The van der Waals surface area contributed by atoms with Crippen LogP contribution in [0.25, 0.3) is 21.9 Å². The third kappa shape index (κ3) is 2.61. The van der Waals surface area contributed by atoms with E-state index in [0.29, 0.717) is 0 Å². The minimum atomic E-state index is -0.870. The molecule has 106 valence electrons. The molecule has 0 spiro atoms. The highest BCUT2D eigenvalue weighted by Gasteiger charge is 2.21. The molecule has 0 saturated carbocycles. The molecule has 0 fully saturated rings. The van der Waals surface area contributed by atoms with Gasteiger partial charge in [-0.1, -0.05) is 70.5 Å². The molecule has 1 N–H and O–H groups in total. The summed E-state index contributed by atoms with van der Waals surface area (Å²) in [6.45, 7) is 3.65. The second-order valence-corrected chi connectivity index (χ2v) is 6.60. The highest BCUT2D eigenvalue weighted by Crippen LogP contribution is 2.37. The lowest BCUT2D eigenvalue weighted by Crippen LogP contribution is -2.16. The first kappa shape index (κ1) is 14.3. The SMILES string of the molecule is CC(C)(O)c1ccccc1-c1ccc(Br)c2ccccc12.